The summed E-state index contributed by atoms with van der Waals surface area (Å²) < 4.78 is 0. The van der Waals surface area contributed by atoms with Gasteiger partial charge in [0.15, 0.2) is 0 Å². The average Bonchev–Trinajstić information content (AvgIpc) is 2.88. The van der Waals surface area contributed by atoms with Crippen molar-refractivity contribution >= 4 is 5.91 Å². The number of aliphatic hydroxyl groups excluding tert-OH is 1. The van der Waals surface area contributed by atoms with Gasteiger partial charge < -0.3 is 15.3 Å². The van der Waals surface area contributed by atoms with Gasteiger partial charge in [-0.3, -0.25) is 4.79 Å². The average molecular weight is 196 g/mol. The molecule has 1 aliphatic heterocycles. The first-order chi connectivity index (χ1) is 6.77. The van der Waals surface area contributed by atoms with Crippen molar-refractivity contribution in [3.8, 4) is 0 Å². The predicted molar refractivity (Wildman–Crippen MR) is 50.6 cm³/mol. The lowest BCUT2D eigenvalue weighted by Crippen LogP contribution is -2.55. The molecule has 78 valence electrons. The first kappa shape index (κ1) is 8.68. The van der Waals surface area contributed by atoms with E-state index in [1.165, 1.54) is 6.42 Å². The fourth-order valence-electron chi connectivity index (χ4n) is 2.98. The number of aliphatic hydroxyl groups is 1. The fourth-order valence-corrected chi connectivity index (χ4v) is 2.98. The second kappa shape index (κ2) is 2.94. The van der Waals surface area contributed by atoms with Crippen LogP contribution in [0.25, 0.3) is 0 Å². The SMILES string of the molecule is O=C1CNCCN1[C@H]1C[C@H]2C[C@H]2[C@H]1O. The van der Waals surface area contributed by atoms with E-state index in [1.807, 2.05) is 4.90 Å². The lowest BCUT2D eigenvalue weighted by molar-refractivity contribution is -0.136. The largest absolute Gasteiger partial charge is 0.391 e. The van der Waals surface area contributed by atoms with Gasteiger partial charge in [-0.1, -0.05) is 0 Å². The molecule has 2 saturated carbocycles. The number of amides is 1. The molecule has 0 aromatic carbocycles. The zero-order chi connectivity index (χ0) is 9.71. The highest BCUT2D eigenvalue weighted by Gasteiger charge is 2.55. The van der Waals surface area contributed by atoms with Gasteiger partial charge in [-0.15, -0.1) is 0 Å². The van der Waals surface area contributed by atoms with Gasteiger partial charge in [-0.2, -0.15) is 0 Å². The second-order valence-corrected chi connectivity index (χ2v) is 4.72. The number of piperazine rings is 1. The van der Waals surface area contributed by atoms with E-state index in [4.69, 9.17) is 0 Å². The maximum atomic E-state index is 11.6. The van der Waals surface area contributed by atoms with E-state index < -0.39 is 0 Å². The summed E-state index contributed by atoms with van der Waals surface area (Å²) in [6.07, 6.45) is 1.96. The molecule has 2 aliphatic carbocycles. The summed E-state index contributed by atoms with van der Waals surface area (Å²) >= 11 is 0. The van der Waals surface area contributed by atoms with E-state index in [1.54, 1.807) is 0 Å². The smallest absolute Gasteiger partial charge is 0.236 e. The molecule has 1 amide bonds. The maximum absolute atomic E-state index is 11.6. The molecule has 0 bridgehead atoms. The Hall–Kier alpha value is -0.610. The molecule has 0 aromatic heterocycles. The summed E-state index contributed by atoms with van der Waals surface area (Å²) in [6.45, 7) is 2.07. The minimum Gasteiger partial charge on any atom is -0.391 e. The summed E-state index contributed by atoms with van der Waals surface area (Å²) in [4.78, 5) is 13.5. The standard InChI is InChI=1S/C10H16N2O2/c13-9-5-11-1-2-12(9)8-4-6-3-7(6)10(8)14/h6-8,10-11,14H,1-5H2/t6-,7-,8+,10-/m1/s1. The highest BCUT2D eigenvalue weighted by atomic mass is 16.3. The molecule has 0 radical (unpaired) electrons. The molecule has 1 heterocycles. The van der Waals surface area contributed by atoms with Gasteiger partial charge in [0.1, 0.15) is 0 Å². The highest BCUT2D eigenvalue weighted by molar-refractivity contribution is 5.79. The zero-order valence-corrected chi connectivity index (χ0v) is 8.15. The Morgan fingerprint density at radius 3 is 2.93 bits per heavy atom. The molecule has 3 aliphatic rings. The van der Waals surface area contributed by atoms with E-state index in [0.717, 1.165) is 19.5 Å². The monoisotopic (exact) mass is 196 g/mol. The normalized spacial score (nSPS) is 46.6. The Morgan fingerprint density at radius 1 is 1.43 bits per heavy atom. The number of nitrogens with one attached hydrogen (secondary N) is 1. The Balaban J connectivity index is 1.72. The van der Waals surface area contributed by atoms with E-state index in [0.29, 0.717) is 18.4 Å². The Kier molecular flexibility index (Phi) is 1.82. The molecular formula is C10H16N2O2. The number of nitrogens with zero attached hydrogens (tertiary/aromatic N) is 1. The molecular weight excluding hydrogens is 180 g/mol. The molecule has 0 aromatic rings. The maximum Gasteiger partial charge on any atom is 0.236 e. The van der Waals surface area contributed by atoms with Crippen LogP contribution >= 0.6 is 0 Å². The Bertz CT molecular complexity index is 269. The number of rotatable bonds is 1. The van der Waals surface area contributed by atoms with Crippen molar-refractivity contribution in [2.24, 2.45) is 11.8 Å². The van der Waals surface area contributed by atoms with E-state index in [-0.39, 0.29) is 18.1 Å². The zero-order valence-electron chi connectivity index (χ0n) is 8.15. The summed E-state index contributed by atoms with van der Waals surface area (Å²) in [6, 6.07) is 0.119. The van der Waals surface area contributed by atoms with Crippen LogP contribution in [0.15, 0.2) is 0 Å². The van der Waals surface area contributed by atoms with Crippen LogP contribution in [-0.2, 0) is 4.79 Å². The third-order valence-corrected chi connectivity index (χ3v) is 3.88. The Morgan fingerprint density at radius 2 is 2.29 bits per heavy atom. The number of fused-ring (bicyclic) bond motifs is 1. The third-order valence-electron chi connectivity index (χ3n) is 3.88. The van der Waals surface area contributed by atoms with E-state index in [2.05, 4.69) is 5.32 Å². The number of hydrogen-bond acceptors (Lipinski definition) is 3. The van der Waals surface area contributed by atoms with E-state index >= 15 is 0 Å². The van der Waals surface area contributed by atoms with Gasteiger partial charge in [0.05, 0.1) is 18.7 Å². The molecule has 0 spiro atoms. The van der Waals surface area contributed by atoms with Crippen LogP contribution in [0.1, 0.15) is 12.8 Å². The molecule has 14 heavy (non-hydrogen) atoms. The van der Waals surface area contributed by atoms with Crippen LogP contribution in [-0.4, -0.2) is 47.7 Å². The van der Waals surface area contributed by atoms with Crippen molar-refractivity contribution in [1.29, 1.82) is 0 Å². The first-order valence-corrected chi connectivity index (χ1v) is 5.45. The summed E-state index contributed by atoms with van der Waals surface area (Å²) in [5, 5.41) is 13.0. The van der Waals surface area contributed by atoms with Crippen molar-refractivity contribution in [3.05, 3.63) is 0 Å². The first-order valence-electron chi connectivity index (χ1n) is 5.45. The minimum atomic E-state index is -0.248. The van der Waals surface area contributed by atoms with Gasteiger partial charge in [0.2, 0.25) is 5.91 Å². The Labute approximate surface area is 83.3 Å². The minimum absolute atomic E-state index is 0.119. The fraction of sp³-hybridized carbons (Fsp3) is 0.900. The molecule has 1 saturated heterocycles. The van der Waals surface area contributed by atoms with Crippen molar-refractivity contribution in [2.75, 3.05) is 19.6 Å². The van der Waals surface area contributed by atoms with Gasteiger partial charge in [0, 0.05) is 13.1 Å². The number of carbonyl (C=O) groups is 1. The molecule has 2 N–H and O–H groups in total. The van der Waals surface area contributed by atoms with Crippen molar-refractivity contribution < 1.29 is 9.90 Å². The molecule has 4 heteroatoms. The lowest BCUT2D eigenvalue weighted by atomic mass is 10.1. The van der Waals surface area contributed by atoms with Crippen LogP contribution in [0.4, 0.5) is 0 Å². The number of hydrogen-bond donors (Lipinski definition) is 2. The van der Waals surface area contributed by atoms with Crippen molar-refractivity contribution in [2.45, 2.75) is 25.0 Å². The molecule has 3 fully saturated rings. The lowest BCUT2D eigenvalue weighted by Gasteiger charge is -2.35. The molecule has 4 atom stereocenters. The van der Waals surface area contributed by atoms with Crippen LogP contribution in [0, 0.1) is 11.8 Å². The van der Waals surface area contributed by atoms with Crippen molar-refractivity contribution in [1.82, 2.24) is 10.2 Å². The third kappa shape index (κ3) is 1.17. The quantitative estimate of drug-likeness (QED) is 0.576. The summed E-state index contributed by atoms with van der Waals surface area (Å²) in [7, 11) is 0. The molecule has 0 unspecified atom stereocenters. The highest BCUT2D eigenvalue weighted by Crippen LogP contribution is 2.53. The molecule has 4 nitrogen and oxygen atoms in total. The predicted octanol–water partition coefficient (Wildman–Crippen LogP) is -0.812. The number of carbonyl (C=O) groups excluding carboxylic acids is 1. The van der Waals surface area contributed by atoms with Gasteiger partial charge in [-0.05, 0) is 24.7 Å². The van der Waals surface area contributed by atoms with Gasteiger partial charge in [0.25, 0.3) is 0 Å². The second-order valence-electron chi connectivity index (χ2n) is 4.72. The van der Waals surface area contributed by atoms with E-state index in [9.17, 15) is 9.90 Å². The van der Waals surface area contributed by atoms with Crippen LogP contribution in [0.2, 0.25) is 0 Å². The van der Waals surface area contributed by atoms with Crippen LogP contribution in [0.3, 0.4) is 0 Å². The molecule has 3 rings (SSSR count). The summed E-state index contributed by atoms with van der Waals surface area (Å²) in [5.41, 5.74) is 0. The van der Waals surface area contributed by atoms with Gasteiger partial charge in [-0.25, -0.2) is 0 Å². The van der Waals surface area contributed by atoms with Crippen LogP contribution < -0.4 is 5.32 Å². The van der Waals surface area contributed by atoms with Gasteiger partial charge >= 0.3 is 0 Å². The summed E-state index contributed by atoms with van der Waals surface area (Å²) in [5.74, 6) is 1.36. The van der Waals surface area contributed by atoms with Crippen LogP contribution in [0.5, 0.6) is 0 Å². The van der Waals surface area contributed by atoms with Crippen molar-refractivity contribution in [3.63, 3.8) is 0 Å². The topological polar surface area (TPSA) is 52.6 Å².